The molecule has 0 saturated carbocycles. The molecule has 0 aliphatic carbocycles. The van der Waals surface area contributed by atoms with Gasteiger partial charge in [0.1, 0.15) is 21.7 Å². The molecular weight excluding hydrogens is 476 g/mol. The van der Waals surface area contributed by atoms with E-state index in [-0.39, 0.29) is 29.8 Å². The molecule has 0 radical (unpaired) electrons. The van der Waals surface area contributed by atoms with Crippen LogP contribution in [-0.2, 0) is 26.9 Å². The van der Waals surface area contributed by atoms with Crippen LogP contribution in [0.3, 0.4) is 0 Å². The summed E-state index contributed by atoms with van der Waals surface area (Å²) in [6, 6.07) is 8.94. The molecule has 13 heteroatoms. The molecule has 1 fully saturated rings. The molecule has 35 heavy (non-hydrogen) atoms. The number of halogens is 3. The lowest BCUT2D eigenvalue weighted by atomic mass is 9.78. The zero-order chi connectivity index (χ0) is 25.7. The summed E-state index contributed by atoms with van der Waals surface area (Å²) in [5, 5.41) is 2.58. The lowest BCUT2D eigenvalue weighted by Gasteiger charge is -2.32. The number of imide groups is 1. The molecule has 4 amide bonds. The van der Waals surface area contributed by atoms with Gasteiger partial charge < -0.3 is 9.71 Å². The second-order valence-electron chi connectivity index (χ2n) is 9.03. The van der Waals surface area contributed by atoms with E-state index in [9.17, 15) is 28.0 Å². The average Bonchev–Trinajstić information content (AvgIpc) is 3.15. The highest BCUT2D eigenvalue weighted by atomic mass is 35.5. The Bertz CT molecular complexity index is 1230. The monoisotopic (exact) mass is 497 g/mol. The summed E-state index contributed by atoms with van der Waals surface area (Å²) in [5.74, 6) is -7.47. The van der Waals surface area contributed by atoms with Crippen LogP contribution in [-0.4, -0.2) is 63.1 Å². The molecule has 2 aromatic carbocycles. The van der Waals surface area contributed by atoms with Crippen molar-refractivity contribution >= 4 is 58.9 Å². The molecule has 0 bridgehead atoms. The van der Waals surface area contributed by atoms with Gasteiger partial charge in [0.2, 0.25) is 19.8 Å². The number of nitrogens with zero attached hydrogens (tertiary/aromatic N) is 2. The van der Waals surface area contributed by atoms with Crippen LogP contribution in [0, 0.1) is 0 Å². The summed E-state index contributed by atoms with van der Waals surface area (Å²) in [4.78, 5) is 52.2. The largest absolute Gasteiger partial charge is 0.389 e. The van der Waals surface area contributed by atoms with Crippen LogP contribution in [0.2, 0.25) is 10.8 Å². The third-order valence-corrected chi connectivity index (χ3v) is 7.02. The maximum atomic E-state index is 14.9. The Balaban J connectivity index is 1.53. The Morgan fingerprint density at radius 1 is 1.14 bits per heavy atom. The molecule has 1 N–H and O–H groups in total. The van der Waals surface area contributed by atoms with Crippen LogP contribution in [0.4, 0.5) is 8.78 Å². The molecule has 4 rings (SSSR count). The van der Waals surface area contributed by atoms with Gasteiger partial charge in [0.25, 0.3) is 11.8 Å². The molecule has 0 spiro atoms. The van der Waals surface area contributed by atoms with Gasteiger partial charge in [-0.05, 0) is 35.7 Å². The van der Waals surface area contributed by atoms with Gasteiger partial charge in [0.05, 0.1) is 0 Å². The van der Waals surface area contributed by atoms with Crippen molar-refractivity contribution in [2.45, 2.75) is 36.7 Å². The minimum absolute atomic E-state index is 0.145. The van der Waals surface area contributed by atoms with Gasteiger partial charge in [0, 0.05) is 34.5 Å². The zero-order valence-corrected chi connectivity index (χ0v) is 20.1. The zero-order valence-electron chi connectivity index (χ0n) is 19.3. The van der Waals surface area contributed by atoms with Crippen molar-refractivity contribution in [3.05, 3.63) is 69.7 Å². The minimum Gasteiger partial charge on any atom is -0.389 e. The number of alkyl halides is 2. The highest BCUT2D eigenvalue weighted by Gasteiger charge is 2.44. The van der Waals surface area contributed by atoms with E-state index in [0.29, 0.717) is 16.7 Å². The van der Waals surface area contributed by atoms with E-state index in [1.807, 2.05) is 0 Å². The Morgan fingerprint density at radius 2 is 1.80 bits per heavy atom. The molecule has 178 valence electrons. The van der Waals surface area contributed by atoms with Gasteiger partial charge in [-0.15, -0.1) is 0 Å². The normalized spacial score (nSPS) is 20.9. The average molecular weight is 497 g/mol. The molecule has 3 atom stereocenters. The third kappa shape index (κ3) is 4.47. The van der Waals surface area contributed by atoms with E-state index in [1.165, 1.54) is 25.0 Å². The van der Waals surface area contributed by atoms with Gasteiger partial charge in [-0.25, -0.2) is 0 Å². The number of rotatable bonds is 5. The molecule has 3 unspecified atom stereocenters. The first-order valence-electron chi connectivity index (χ1n) is 11.1. The van der Waals surface area contributed by atoms with E-state index in [1.54, 1.807) is 33.9 Å². The van der Waals surface area contributed by atoms with E-state index in [0.717, 1.165) is 16.9 Å². The maximum absolute atomic E-state index is 14.9. The van der Waals surface area contributed by atoms with Crippen LogP contribution >= 0.6 is 11.6 Å². The summed E-state index contributed by atoms with van der Waals surface area (Å²) in [5.41, 5.74) is 1.14. The number of hydrogen-bond acceptors (Lipinski definition) is 4. The number of carbonyl (C=O) groups excluding carboxylic acids is 4. The van der Waals surface area contributed by atoms with Gasteiger partial charge in [-0.3, -0.25) is 24.5 Å². The van der Waals surface area contributed by atoms with Crippen molar-refractivity contribution in [2.75, 3.05) is 0 Å². The fourth-order valence-corrected chi connectivity index (χ4v) is 4.55. The summed E-state index contributed by atoms with van der Waals surface area (Å²) in [6.45, 7) is 0.145. The molecule has 7 nitrogen and oxygen atoms in total. The second-order valence-corrected chi connectivity index (χ2v) is 9.47. The maximum Gasteiger partial charge on any atom is 0.348 e. The first-order valence-corrected chi connectivity index (χ1v) is 11.5. The SMILES string of the molecule is BC1CC(N2Cc3cc(C(B)N(B)C(=O)C(F)(F)c4ccc(Cl)cc4)ccc3C2=O)C(=O)NC1=O. The van der Waals surface area contributed by atoms with E-state index < -0.39 is 41.1 Å². The Morgan fingerprint density at radius 3 is 2.46 bits per heavy atom. The number of benzene rings is 2. The molecule has 0 aromatic heterocycles. The number of amides is 4. The molecule has 1 saturated heterocycles. The van der Waals surface area contributed by atoms with Crippen LogP contribution in [0.15, 0.2) is 42.5 Å². The number of carbonyl (C=O) groups is 4. The lowest BCUT2D eigenvalue weighted by Crippen LogP contribution is -2.54. The Hall–Kier alpha value is -3.14. The van der Waals surface area contributed by atoms with Crippen LogP contribution in [0.5, 0.6) is 0 Å². The molecule has 2 aliphatic heterocycles. The Kier molecular flexibility index (Phi) is 6.53. The Labute approximate surface area is 208 Å². The number of hydrogen-bond donors (Lipinski definition) is 1. The van der Waals surface area contributed by atoms with Gasteiger partial charge in [-0.2, -0.15) is 8.78 Å². The quantitative estimate of drug-likeness (QED) is 0.463. The summed E-state index contributed by atoms with van der Waals surface area (Å²) in [7, 11) is 4.61. The second kappa shape index (κ2) is 9.15. The lowest BCUT2D eigenvalue weighted by molar-refractivity contribution is -0.154. The van der Waals surface area contributed by atoms with E-state index in [2.05, 4.69) is 5.32 Å². The summed E-state index contributed by atoms with van der Waals surface area (Å²) in [6.07, 6.45) is 0.227. The van der Waals surface area contributed by atoms with Crippen molar-refractivity contribution in [1.82, 2.24) is 15.0 Å². The van der Waals surface area contributed by atoms with Crippen LogP contribution in [0.25, 0.3) is 0 Å². The first kappa shape index (κ1) is 25.0. The fraction of sp³-hybridized carbons (Fsp3) is 0.273. The molecule has 2 aromatic rings. The highest BCUT2D eigenvalue weighted by molar-refractivity contribution is 6.30. The minimum atomic E-state index is -3.75. The standard InChI is InChI=1S/C22H21B3ClF2N3O4/c23-15-8-16(19(33)29-18(15)32)30-9-11-7-10(1-6-14(11)20(30)34)17(24)31(25)21(35)22(27,28)12-2-4-13(26)5-3-12/h1-7,15-17H,8-9,23-25H2,(H,29,32,33). The molecule has 2 heterocycles. The van der Waals surface area contributed by atoms with Crippen molar-refractivity contribution in [2.24, 2.45) is 0 Å². The van der Waals surface area contributed by atoms with Crippen LogP contribution in [0.1, 0.15) is 39.4 Å². The topological polar surface area (TPSA) is 86.8 Å². The van der Waals surface area contributed by atoms with Gasteiger partial charge >= 0.3 is 5.92 Å². The van der Waals surface area contributed by atoms with Crippen LogP contribution < -0.4 is 5.32 Å². The van der Waals surface area contributed by atoms with Crippen molar-refractivity contribution < 1.29 is 28.0 Å². The smallest absolute Gasteiger partial charge is 0.348 e. The summed E-state index contributed by atoms with van der Waals surface area (Å²) < 4.78 is 29.8. The number of fused-ring (bicyclic) bond motifs is 1. The van der Waals surface area contributed by atoms with E-state index in [4.69, 9.17) is 11.6 Å². The molecule has 2 aliphatic rings. The van der Waals surface area contributed by atoms with E-state index >= 15 is 0 Å². The van der Waals surface area contributed by atoms with Gasteiger partial charge in [0.15, 0.2) is 0 Å². The first-order chi connectivity index (χ1) is 16.4. The highest BCUT2D eigenvalue weighted by Crippen LogP contribution is 2.35. The van der Waals surface area contributed by atoms with Crippen molar-refractivity contribution in [3.63, 3.8) is 0 Å². The van der Waals surface area contributed by atoms with Gasteiger partial charge in [-0.1, -0.05) is 35.9 Å². The number of piperidine rings is 1. The number of nitrogens with one attached hydrogen (secondary N) is 1. The molecular formula is C22H21B3ClF2N3O4. The van der Waals surface area contributed by atoms with Crippen molar-refractivity contribution in [3.8, 4) is 0 Å². The van der Waals surface area contributed by atoms with Crippen molar-refractivity contribution in [1.29, 1.82) is 0 Å². The fourth-order valence-electron chi connectivity index (χ4n) is 4.42. The predicted octanol–water partition coefficient (Wildman–Crippen LogP) is -0.0671. The third-order valence-electron chi connectivity index (χ3n) is 6.77. The summed E-state index contributed by atoms with van der Waals surface area (Å²) >= 11 is 5.77. The predicted molar refractivity (Wildman–Crippen MR) is 132 cm³/mol.